The Morgan fingerprint density at radius 2 is 2.00 bits per heavy atom. The van der Waals surface area contributed by atoms with Crippen molar-refractivity contribution in [3.8, 4) is 0 Å². The fourth-order valence-electron chi connectivity index (χ4n) is 3.21. The molecule has 0 aliphatic carbocycles. The summed E-state index contributed by atoms with van der Waals surface area (Å²) in [5.41, 5.74) is 9.81. The number of para-hydroxylation sites is 1. The van der Waals surface area contributed by atoms with Crippen LogP contribution in [0.15, 0.2) is 42.6 Å². The molecule has 6 heteroatoms. The summed E-state index contributed by atoms with van der Waals surface area (Å²) in [6, 6.07) is 11.3. The van der Waals surface area contributed by atoms with Gasteiger partial charge >= 0.3 is 0 Å². The van der Waals surface area contributed by atoms with E-state index < -0.39 is 0 Å². The molecular formula is C20H22N4O2. The van der Waals surface area contributed by atoms with Crippen molar-refractivity contribution in [2.45, 2.75) is 26.8 Å². The summed E-state index contributed by atoms with van der Waals surface area (Å²) in [7, 11) is 0. The third-order valence-electron chi connectivity index (χ3n) is 4.42. The minimum absolute atomic E-state index is 0.117. The predicted molar refractivity (Wildman–Crippen MR) is 101 cm³/mol. The van der Waals surface area contributed by atoms with Crippen LogP contribution in [0, 0.1) is 6.92 Å². The smallest absolute Gasteiger partial charge is 0.262 e. The van der Waals surface area contributed by atoms with Gasteiger partial charge in [0.05, 0.1) is 17.8 Å². The highest BCUT2D eigenvalue weighted by Gasteiger charge is 2.19. The molecule has 3 aromatic rings. The van der Waals surface area contributed by atoms with Gasteiger partial charge in [-0.25, -0.2) is 0 Å². The number of carbonyl (C=O) groups is 2. The first kappa shape index (κ1) is 17.8. The highest BCUT2D eigenvalue weighted by atomic mass is 16.2. The number of amides is 1. The Balaban J connectivity index is 2.04. The molecule has 1 amide bonds. The van der Waals surface area contributed by atoms with Crippen molar-refractivity contribution < 1.29 is 9.59 Å². The molecule has 0 spiro atoms. The zero-order chi connectivity index (χ0) is 18.7. The molecule has 134 valence electrons. The number of nitrogens with one attached hydrogen (secondary N) is 1. The molecule has 1 aromatic carbocycles. The summed E-state index contributed by atoms with van der Waals surface area (Å²) in [6.45, 7) is 4.21. The molecule has 0 saturated carbocycles. The molecule has 0 aliphatic rings. The van der Waals surface area contributed by atoms with E-state index in [0.717, 1.165) is 28.6 Å². The summed E-state index contributed by atoms with van der Waals surface area (Å²) < 4.78 is 1.73. The van der Waals surface area contributed by atoms with Crippen molar-refractivity contribution >= 4 is 22.7 Å². The normalized spacial score (nSPS) is 10.9. The number of rotatable bonds is 5. The van der Waals surface area contributed by atoms with Crippen LogP contribution in [0.1, 0.15) is 34.2 Å². The quantitative estimate of drug-likeness (QED) is 0.738. The minimum atomic E-state index is -0.137. The lowest BCUT2D eigenvalue weighted by molar-refractivity contribution is -0.119. The molecule has 0 unspecified atom stereocenters. The van der Waals surface area contributed by atoms with Gasteiger partial charge in [-0.15, -0.1) is 0 Å². The molecule has 2 aromatic heterocycles. The molecule has 0 bridgehead atoms. The van der Waals surface area contributed by atoms with Crippen LogP contribution >= 0.6 is 0 Å². The average molecular weight is 350 g/mol. The molecule has 2 heterocycles. The Morgan fingerprint density at radius 3 is 2.73 bits per heavy atom. The fourth-order valence-corrected chi connectivity index (χ4v) is 3.21. The van der Waals surface area contributed by atoms with Gasteiger partial charge in [-0.3, -0.25) is 19.1 Å². The predicted octanol–water partition coefficient (Wildman–Crippen LogP) is 2.17. The number of fused-ring (bicyclic) bond motifs is 1. The van der Waals surface area contributed by atoms with Gasteiger partial charge in [-0.2, -0.15) is 0 Å². The van der Waals surface area contributed by atoms with Gasteiger partial charge in [-0.05, 0) is 43.7 Å². The van der Waals surface area contributed by atoms with Gasteiger partial charge in [0.25, 0.3) is 5.91 Å². The van der Waals surface area contributed by atoms with Gasteiger partial charge in [0.2, 0.25) is 5.91 Å². The molecule has 0 aliphatic heterocycles. The highest BCUT2D eigenvalue weighted by Crippen LogP contribution is 2.27. The second-order valence-corrected chi connectivity index (χ2v) is 6.21. The number of pyridine rings is 1. The maximum atomic E-state index is 13.2. The van der Waals surface area contributed by atoms with Crippen LogP contribution in [0.5, 0.6) is 0 Å². The molecule has 3 N–H and O–H groups in total. The van der Waals surface area contributed by atoms with E-state index >= 15 is 0 Å². The minimum Gasteiger partial charge on any atom is -0.351 e. The average Bonchev–Trinajstić information content (AvgIpc) is 2.92. The summed E-state index contributed by atoms with van der Waals surface area (Å²) >= 11 is 0. The van der Waals surface area contributed by atoms with Crippen LogP contribution in [-0.2, 0) is 17.8 Å². The number of aromatic nitrogens is 2. The van der Waals surface area contributed by atoms with Crippen molar-refractivity contribution in [3.05, 3.63) is 65.1 Å². The lowest BCUT2D eigenvalue weighted by Crippen LogP contribution is -2.20. The number of nitrogens with zero attached hydrogens (tertiary/aromatic N) is 2. The Kier molecular flexibility index (Phi) is 5.14. The Morgan fingerprint density at radius 1 is 1.23 bits per heavy atom. The maximum absolute atomic E-state index is 13.2. The second-order valence-electron chi connectivity index (χ2n) is 6.21. The van der Waals surface area contributed by atoms with Crippen molar-refractivity contribution in [1.82, 2.24) is 14.9 Å². The third kappa shape index (κ3) is 3.36. The van der Waals surface area contributed by atoms with Crippen LogP contribution in [0.3, 0.4) is 0 Å². The van der Waals surface area contributed by atoms with Crippen LogP contribution in [-0.4, -0.2) is 27.9 Å². The van der Waals surface area contributed by atoms with Crippen molar-refractivity contribution in [3.63, 3.8) is 0 Å². The van der Waals surface area contributed by atoms with E-state index in [1.807, 2.05) is 31.2 Å². The van der Waals surface area contributed by atoms with Crippen molar-refractivity contribution in [2.24, 2.45) is 5.73 Å². The molecule has 3 rings (SSSR count). The van der Waals surface area contributed by atoms with Crippen molar-refractivity contribution in [1.29, 1.82) is 0 Å². The molecule has 0 atom stereocenters. The maximum Gasteiger partial charge on any atom is 0.262 e. The zero-order valence-electron chi connectivity index (χ0n) is 15.0. The lowest BCUT2D eigenvalue weighted by atomic mass is 10.1. The molecule has 0 saturated heterocycles. The first-order chi connectivity index (χ1) is 12.5. The standard InChI is InChI=1S/C20H22N4O2/c1-13-17(7-9-21)18-5-3-4-6-19(18)24(13)20(26)15-8-10-22-16(11-15)12-23-14(2)25/h3-6,8,10-11H,7,9,12,21H2,1-2H3,(H,23,25). The van der Waals surface area contributed by atoms with E-state index in [1.165, 1.54) is 6.92 Å². The Hall–Kier alpha value is -2.99. The molecule has 0 fully saturated rings. The van der Waals surface area contributed by atoms with Crippen molar-refractivity contribution in [2.75, 3.05) is 6.54 Å². The molecular weight excluding hydrogens is 328 g/mol. The third-order valence-corrected chi connectivity index (χ3v) is 4.42. The van der Waals surface area contributed by atoms with Crippen LogP contribution in [0.2, 0.25) is 0 Å². The second kappa shape index (κ2) is 7.49. The van der Waals surface area contributed by atoms with E-state index in [-0.39, 0.29) is 11.8 Å². The van der Waals surface area contributed by atoms with Gasteiger partial charge in [0.15, 0.2) is 0 Å². The summed E-state index contributed by atoms with van der Waals surface area (Å²) in [6.07, 6.45) is 2.31. The Bertz CT molecular complexity index is 975. The van der Waals surface area contributed by atoms with Gasteiger partial charge in [0, 0.05) is 29.8 Å². The number of hydrogen-bond acceptors (Lipinski definition) is 4. The topological polar surface area (TPSA) is 90.0 Å². The van der Waals surface area contributed by atoms with Gasteiger partial charge in [-0.1, -0.05) is 18.2 Å². The fraction of sp³-hybridized carbons (Fsp3) is 0.250. The highest BCUT2D eigenvalue weighted by molar-refractivity contribution is 6.04. The van der Waals surface area contributed by atoms with E-state index in [0.29, 0.717) is 24.3 Å². The number of hydrogen-bond donors (Lipinski definition) is 2. The van der Waals surface area contributed by atoms with E-state index in [1.54, 1.807) is 22.9 Å². The van der Waals surface area contributed by atoms with E-state index in [9.17, 15) is 9.59 Å². The largest absolute Gasteiger partial charge is 0.351 e. The summed E-state index contributed by atoms with van der Waals surface area (Å²) in [5, 5.41) is 3.75. The van der Waals surface area contributed by atoms with E-state index in [2.05, 4.69) is 10.3 Å². The monoisotopic (exact) mass is 350 g/mol. The SMILES string of the molecule is CC(=O)NCc1cc(C(=O)n2c(C)c(CCN)c3ccccc32)ccn1. The van der Waals surface area contributed by atoms with Crippen LogP contribution in [0.25, 0.3) is 10.9 Å². The molecule has 26 heavy (non-hydrogen) atoms. The van der Waals surface area contributed by atoms with Gasteiger partial charge in [0.1, 0.15) is 0 Å². The summed E-state index contributed by atoms with van der Waals surface area (Å²) in [4.78, 5) is 28.5. The van der Waals surface area contributed by atoms with Crippen LogP contribution in [0.4, 0.5) is 0 Å². The molecule has 0 radical (unpaired) electrons. The number of carbonyl (C=O) groups excluding carboxylic acids is 2. The Labute approximate surface area is 152 Å². The lowest BCUT2D eigenvalue weighted by Gasteiger charge is -2.09. The molecule has 6 nitrogen and oxygen atoms in total. The first-order valence-corrected chi connectivity index (χ1v) is 8.56. The zero-order valence-corrected chi connectivity index (χ0v) is 15.0. The number of nitrogens with two attached hydrogens (primary N) is 1. The van der Waals surface area contributed by atoms with Gasteiger partial charge < -0.3 is 11.1 Å². The van der Waals surface area contributed by atoms with E-state index in [4.69, 9.17) is 5.73 Å². The first-order valence-electron chi connectivity index (χ1n) is 8.56. The van der Waals surface area contributed by atoms with Crippen LogP contribution < -0.4 is 11.1 Å². The summed E-state index contributed by atoms with van der Waals surface area (Å²) in [5.74, 6) is -0.254. The number of benzene rings is 1.